The van der Waals surface area contributed by atoms with Crippen LogP contribution in [0.3, 0.4) is 0 Å². The minimum Gasteiger partial charge on any atom is -0.376 e. The van der Waals surface area contributed by atoms with Crippen LogP contribution in [0.2, 0.25) is 0 Å². The molecule has 1 N–H and O–H groups in total. The van der Waals surface area contributed by atoms with Crippen LogP contribution in [0, 0.1) is 28.8 Å². The molecule has 0 amide bonds. The lowest BCUT2D eigenvalue weighted by atomic mass is 10.1. The number of hydrogen-bond donors (Lipinski definition) is 1. The average Bonchev–Trinajstić information content (AvgIpc) is 3.01. The molecule has 5 heteroatoms. The number of rotatable bonds is 4. The lowest BCUT2D eigenvalue weighted by Gasteiger charge is -2.08. The summed E-state index contributed by atoms with van der Waals surface area (Å²) in [6.45, 7) is 3.70. The van der Waals surface area contributed by atoms with Crippen LogP contribution in [0.25, 0.3) is 0 Å². The molecular formula is C12H15FN2O2. The number of nitro benzene ring substituents is 1. The molecule has 4 nitrogen and oxygen atoms in total. The molecule has 1 fully saturated rings. The summed E-state index contributed by atoms with van der Waals surface area (Å²) >= 11 is 0. The average molecular weight is 238 g/mol. The lowest BCUT2D eigenvalue weighted by Crippen LogP contribution is -2.07. The molecule has 2 atom stereocenters. The van der Waals surface area contributed by atoms with Crippen LogP contribution < -0.4 is 5.32 Å². The van der Waals surface area contributed by atoms with E-state index >= 15 is 0 Å². The highest BCUT2D eigenvalue weighted by Gasteiger charge is 2.36. The Morgan fingerprint density at radius 3 is 2.82 bits per heavy atom. The van der Waals surface area contributed by atoms with E-state index in [1.54, 1.807) is 6.92 Å². The van der Waals surface area contributed by atoms with Crippen LogP contribution >= 0.6 is 0 Å². The zero-order chi connectivity index (χ0) is 12.6. The first-order chi connectivity index (χ1) is 8.02. The summed E-state index contributed by atoms with van der Waals surface area (Å²) in [5.41, 5.74) is 0.663. The van der Waals surface area contributed by atoms with Crippen molar-refractivity contribution in [1.29, 1.82) is 0 Å². The number of halogens is 1. The quantitative estimate of drug-likeness (QED) is 0.647. The number of nitrogens with one attached hydrogen (secondary N) is 1. The van der Waals surface area contributed by atoms with Gasteiger partial charge in [0.2, 0.25) is 0 Å². The molecule has 2 rings (SSSR count). The highest BCUT2D eigenvalue weighted by Crippen LogP contribution is 2.38. The van der Waals surface area contributed by atoms with Gasteiger partial charge in [-0.1, -0.05) is 13.3 Å². The summed E-state index contributed by atoms with van der Waals surface area (Å²) in [4.78, 5) is 10.3. The number of nitrogens with zero attached hydrogens (tertiary/aromatic N) is 1. The number of nitro groups is 1. The second-order valence-electron chi connectivity index (χ2n) is 4.53. The fourth-order valence-corrected chi connectivity index (χ4v) is 2.01. The van der Waals surface area contributed by atoms with Gasteiger partial charge in [-0.05, 0) is 30.9 Å². The third kappa shape index (κ3) is 2.38. The van der Waals surface area contributed by atoms with Gasteiger partial charge in [-0.2, -0.15) is 0 Å². The summed E-state index contributed by atoms with van der Waals surface area (Å²) in [6, 6.07) is 2.79. The molecule has 2 unspecified atom stereocenters. The second kappa shape index (κ2) is 4.31. The Kier molecular flexibility index (Phi) is 3.00. The maximum absolute atomic E-state index is 13.3. The predicted octanol–water partition coefficient (Wildman–Crippen LogP) is 3.25. The molecule has 0 spiro atoms. The zero-order valence-electron chi connectivity index (χ0n) is 9.87. The van der Waals surface area contributed by atoms with Crippen molar-refractivity contribution in [2.24, 2.45) is 5.92 Å². The van der Waals surface area contributed by atoms with Crippen molar-refractivity contribution in [2.75, 3.05) is 5.32 Å². The third-order valence-electron chi connectivity index (χ3n) is 3.26. The van der Waals surface area contributed by atoms with E-state index in [-0.39, 0.29) is 5.69 Å². The Bertz CT molecular complexity index is 462. The van der Waals surface area contributed by atoms with Gasteiger partial charge in [-0.25, -0.2) is 4.39 Å². The maximum atomic E-state index is 13.3. The standard InChI is InChI=1S/C12H15FN2O2/c1-3-8-5-10(8)14-11-4-7(2)9(13)6-12(11)15(16)17/h4,6,8,10,14H,3,5H2,1-2H3. The minimum atomic E-state index is -0.547. The molecule has 0 bridgehead atoms. The second-order valence-corrected chi connectivity index (χ2v) is 4.53. The molecule has 1 aromatic carbocycles. The molecule has 0 heterocycles. The van der Waals surface area contributed by atoms with Crippen LogP contribution in [0.15, 0.2) is 12.1 Å². The van der Waals surface area contributed by atoms with Gasteiger partial charge in [0, 0.05) is 6.04 Å². The summed E-state index contributed by atoms with van der Waals surface area (Å²) in [6.07, 6.45) is 2.09. The van der Waals surface area contributed by atoms with E-state index < -0.39 is 10.7 Å². The van der Waals surface area contributed by atoms with Gasteiger partial charge in [0.05, 0.1) is 11.0 Å². The molecule has 1 saturated carbocycles. The van der Waals surface area contributed by atoms with Gasteiger partial charge in [0.1, 0.15) is 11.5 Å². The highest BCUT2D eigenvalue weighted by molar-refractivity contribution is 5.64. The minimum absolute atomic E-state index is 0.185. The van der Waals surface area contributed by atoms with Crippen LogP contribution in [0.4, 0.5) is 15.8 Å². The Labute approximate surface area is 99.0 Å². The fraction of sp³-hybridized carbons (Fsp3) is 0.500. The van der Waals surface area contributed by atoms with Crippen molar-refractivity contribution in [3.8, 4) is 0 Å². The highest BCUT2D eigenvalue weighted by atomic mass is 19.1. The van der Waals surface area contributed by atoms with E-state index in [9.17, 15) is 14.5 Å². The van der Waals surface area contributed by atoms with Crippen LogP contribution in [0.1, 0.15) is 25.3 Å². The summed E-state index contributed by atoms with van der Waals surface area (Å²) in [5.74, 6) is 0.0463. The summed E-state index contributed by atoms with van der Waals surface area (Å²) < 4.78 is 13.3. The molecule has 0 aromatic heterocycles. The monoisotopic (exact) mass is 238 g/mol. The molecule has 0 aliphatic heterocycles. The van der Waals surface area contributed by atoms with Gasteiger partial charge >= 0.3 is 0 Å². The molecule has 0 saturated heterocycles. The smallest absolute Gasteiger partial charge is 0.295 e. The molecule has 17 heavy (non-hydrogen) atoms. The number of hydrogen-bond acceptors (Lipinski definition) is 3. The van der Waals surface area contributed by atoms with Crippen molar-refractivity contribution in [2.45, 2.75) is 32.7 Å². The van der Waals surface area contributed by atoms with E-state index in [1.165, 1.54) is 6.07 Å². The van der Waals surface area contributed by atoms with Gasteiger partial charge in [-0.15, -0.1) is 0 Å². The molecule has 1 aromatic rings. The van der Waals surface area contributed by atoms with Gasteiger partial charge in [0.15, 0.2) is 0 Å². The first-order valence-corrected chi connectivity index (χ1v) is 5.74. The SMILES string of the molecule is CCC1CC1Nc1cc(C)c(F)cc1[N+](=O)[O-]. The van der Waals surface area contributed by atoms with Crippen LogP contribution in [-0.2, 0) is 0 Å². The molecule has 0 radical (unpaired) electrons. The van der Waals surface area contributed by atoms with Crippen molar-refractivity contribution in [1.82, 2.24) is 0 Å². The Hall–Kier alpha value is -1.65. The molecule has 1 aliphatic rings. The van der Waals surface area contributed by atoms with Gasteiger partial charge < -0.3 is 5.32 Å². The summed E-state index contributed by atoms with van der Waals surface area (Å²) in [5, 5.41) is 14.0. The van der Waals surface area contributed by atoms with Gasteiger partial charge in [0.25, 0.3) is 5.69 Å². The van der Waals surface area contributed by atoms with Crippen molar-refractivity contribution in [3.05, 3.63) is 33.6 Å². The first-order valence-electron chi connectivity index (χ1n) is 5.74. The zero-order valence-corrected chi connectivity index (χ0v) is 9.87. The fourth-order valence-electron chi connectivity index (χ4n) is 2.01. The lowest BCUT2D eigenvalue weighted by molar-refractivity contribution is -0.384. The van der Waals surface area contributed by atoms with Crippen LogP contribution in [-0.4, -0.2) is 11.0 Å². The molecule has 1 aliphatic carbocycles. The van der Waals surface area contributed by atoms with Crippen molar-refractivity contribution in [3.63, 3.8) is 0 Å². The molecule has 92 valence electrons. The Morgan fingerprint density at radius 2 is 2.29 bits per heavy atom. The van der Waals surface area contributed by atoms with E-state index in [0.29, 0.717) is 23.2 Å². The summed E-state index contributed by atoms with van der Waals surface area (Å²) in [7, 11) is 0. The van der Waals surface area contributed by atoms with E-state index in [4.69, 9.17) is 0 Å². The van der Waals surface area contributed by atoms with E-state index in [1.807, 2.05) is 0 Å². The number of benzene rings is 1. The van der Waals surface area contributed by atoms with Crippen molar-refractivity contribution < 1.29 is 9.31 Å². The van der Waals surface area contributed by atoms with Crippen LogP contribution in [0.5, 0.6) is 0 Å². The largest absolute Gasteiger partial charge is 0.376 e. The number of aryl methyl sites for hydroxylation is 1. The first kappa shape index (κ1) is 11.8. The van der Waals surface area contributed by atoms with E-state index in [2.05, 4.69) is 12.2 Å². The number of anilines is 1. The Morgan fingerprint density at radius 1 is 1.59 bits per heavy atom. The Balaban J connectivity index is 2.25. The van der Waals surface area contributed by atoms with Crippen molar-refractivity contribution >= 4 is 11.4 Å². The van der Waals surface area contributed by atoms with E-state index in [0.717, 1.165) is 18.9 Å². The third-order valence-corrected chi connectivity index (χ3v) is 3.26. The molecular weight excluding hydrogens is 223 g/mol. The van der Waals surface area contributed by atoms with Gasteiger partial charge in [-0.3, -0.25) is 10.1 Å². The topological polar surface area (TPSA) is 55.2 Å². The maximum Gasteiger partial charge on any atom is 0.295 e. The normalized spacial score (nSPS) is 22.3. The predicted molar refractivity (Wildman–Crippen MR) is 63.6 cm³/mol.